The summed E-state index contributed by atoms with van der Waals surface area (Å²) in [5.41, 5.74) is 2.02. The van der Waals surface area contributed by atoms with Crippen LogP contribution in [0.25, 0.3) is 0 Å². The van der Waals surface area contributed by atoms with Gasteiger partial charge in [0.15, 0.2) is 5.78 Å². The molecule has 2 heteroatoms. The van der Waals surface area contributed by atoms with Crippen LogP contribution >= 0.6 is 0 Å². The Kier molecular flexibility index (Phi) is 3.86. The van der Waals surface area contributed by atoms with Gasteiger partial charge >= 0.3 is 0 Å². The van der Waals surface area contributed by atoms with Crippen molar-refractivity contribution in [3.05, 3.63) is 29.3 Å². The van der Waals surface area contributed by atoms with Crippen LogP contribution in [0.2, 0.25) is 0 Å². The van der Waals surface area contributed by atoms with Crippen molar-refractivity contribution in [2.75, 3.05) is 6.61 Å². The van der Waals surface area contributed by atoms with Crippen LogP contribution in [0.3, 0.4) is 0 Å². The summed E-state index contributed by atoms with van der Waals surface area (Å²) in [6.07, 6.45) is 9.37. The average molecular weight is 258 g/mol. The molecule has 2 nitrogen and oxygen atoms in total. The summed E-state index contributed by atoms with van der Waals surface area (Å²) in [7, 11) is 0. The minimum absolute atomic E-state index is 0.283. The van der Waals surface area contributed by atoms with Gasteiger partial charge in [-0.3, -0.25) is 4.79 Å². The van der Waals surface area contributed by atoms with Crippen molar-refractivity contribution in [2.45, 2.75) is 51.4 Å². The first-order valence-corrected chi connectivity index (χ1v) is 7.62. The Balaban J connectivity index is 1.72. The number of ether oxygens (including phenoxy) is 1. The lowest BCUT2D eigenvalue weighted by atomic mass is 9.91. The van der Waals surface area contributed by atoms with E-state index in [0.29, 0.717) is 12.3 Å². The van der Waals surface area contributed by atoms with Crippen LogP contribution in [-0.4, -0.2) is 12.4 Å². The van der Waals surface area contributed by atoms with Crippen molar-refractivity contribution in [3.63, 3.8) is 0 Å². The van der Waals surface area contributed by atoms with Crippen LogP contribution in [0, 0.1) is 5.92 Å². The number of carbonyl (C=O) groups excluding carboxylic acids is 1. The van der Waals surface area contributed by atoms with Gasteiger partial charge in [0.25, 0.3) is 0 Å². The zero-order chi connectivity index (χ0) is 13.1. The van der Waals surface area contributed by atoms with Crippen molar-refractivity contribution in [1.29, 1.82) is 0 Å². The Bertz CT molecular complexity index is 456. The second kappa shape index (κ2) is 5.77. The molecule has 0 N–H and O–H groups in total. The number of para-hydroxylation sites is 1. The quantitative estimate of drug-likeness (QED) is 0.601. The Morgan fingerprint density at radius 3 is 2.74 bits per heavy atom. The third kappa shape index (κ3) is 2.83. The lowest BCUT2D eigenvalue weighted by Crippen LogP contribution is -2.09. The molecule has 0 amide bonds. The zero-order valence-corrected chi connectivity index (χ0v) is 11.5. The largest absolute Gasteiger partial charge is 0.492 e. The molecule has 0 radical (unpaired) electrons. The highest BCUT2D eigenvalue weighted by Gasteiger charge is 2.23. The normalized spacial score (nSPS) is 19.6. The van der Waals surface area contributed by atoms with E-state index in [-0.39, 0.29) is 5.78 Å². The number of rotatable bonds is 3. The van der Waals surface area contributed by atoms with Crippen molar-refractivity contribution in [2.24, 2.45) is 5.92 Å². The van der Waals surface area contributed by atoms with Gasteiger partial charge in [0.2, 0.25) is 0 Å². The molecule has 3 rings (SSSR count). The molecule has 0 saturated heterocycles. The second-order valence-corrected chi connectivity index (χ2v) is 5.88. The summed E-state index contributed by atoms with van der Waals surface area (Å²) in [6.45, 7) is 0.725. The molecule has 0 spiro atoms. The first-order valence-electron chi connectivity index (χ1n) is 7.62. The fraction of sp³-hybridized carbons (Fsp3) is 0.588. The van der Waals surface area contributed by atoms with Crippen molar-refractivity contribution >= 4 is 5.78 Å². The van der Waals surface area contributed by atoms with E-state index in [1.54, 1.807) is 0 Å². The Morgan fingerprint density at radius 2 is 1.95 bits per heavy atom. The third-order valence-corrected chi connectivity index (χ3v) is 4.46. The van der Waals surface area contributed by atoms with Gasteiger partial charge in [-0.1, -0.05) is 50.7 Å². The predicted octanol–water partition coefficient (Wildman–Crippen LogP) is 4.16. The number of hydrogen-bond acceptors (Lipinski definition) is 2. The Labute approximate surface area is 115 Å². The summed E-state index contributed by atoms with van der Waals surface area (Å²) >= 11 is 0. The van der Waals surface area contributed by atoms with Gasteiger partial charge in [-0.05, 0) is 17.5 Å². The molecule has 0 unspecified atom stereocenters. The van der Waals surface area contributed by atoms with E-state index in [4.69, 9.17) is 4.74 Å². The molecule has 19 heavy (non-hydrogen) atoms. The van der Waals surface area contributed by atoms with E-state index in [1.807, 2.05) is 12.1 Å². The first-order chi connectivity index (χ1) is 9.34. The van der Waals surface area contributed by atoms with Crippen LogP contribution in [0.4, 0.5) is 0 Å². The van der Waals surface area contributed by atoms with Crippen molar-refractivity contribution in [1.82, 2.24) is 0 Å². The summed E-state index contributed by atoms with van der Waals surface area (Å²) in [5, 5.41) is 0. The van der Waals surface area contributed by atoms with E-state index in [2.05, 4.69) is 6.07 Å². The smallest absolute Gasteiger partial charge is 0.166 e. The standard InChI is InChI=1S/C17H22O2/c18-16(12-13-6-3-1-2-4-7-13)15-9-5-8-14-10-11-19-17(14)15/h5,8-9,13H,1-4,6-7,10-12H2. The van der Waals surface area contributed by atoms with Gasteiger partial charge in [-0.15, -0.1) is 0 Å². The van der Waals surface area contributed by atoms with E-state index in [9.17, 15) is 4.79 Å². The second-order valence-electron chi connectivity index (χ2n) is 5.88. The SMILES string of the molecule is O=C(CC1CCCCCC1)c1cccc2c1OCC2. The monoisotopic (exact) mass is 258 g/mol. The lowest BCUT2D eigenvalue weighted by molar-refractivity contribution is 0.0954. The van der Waals surface area contributed by atoms with Crippen LogP contribution in [-0.2, 0) is 6.42 Å². The van der Waals surface area contributed by atoms with E-state index in [1.165, 1.54) is 44.1 Å². The van der Waals surface area contributed by atoms with Gasteiger partial charge in [0.05, 0.1) is 12.2 Å². The molecule has 0 bridgehead atoms. The molecule has 0 atom stereocenters. The number of ketones is 1. The zero-order valence-electron chi connectivity index (χ0n) is 11.5. The van der Waals surface area contributed by atoms with Gasteiger partial charge in [0, 0.05) is 12.8 Å². The molecular weight excluding hydrogens is 236 g/mol. The summed E-state index contributed by atoms with van der Waals surface area (Å²) in [4.78, 5) is 12.5. The van der Waals surface area contributed by atoms with Gasteiger partial charge in [-0.2, -0.15) is 0 Å². The topological polar surface area (TPSA) is 26.3 Å². The van der Waals surface area contributed by atoms with Crippen molar-refractivity contribution in [3.8, 4) is 5.75 Å². The van der Waals surface area contributed by atoms with E-state index >= 15 is 0 Å². The van der Waals surface area contributed by atoms with Crippen LogP contribution in [0.5, 0.6) is 5.75 Å². The predicted molar refractivity (Wildman–Crippen MR) is 75.8 cm³/mol. The highest BCUT2D eigenvalue weighted by molar-refractivity contribution is 5.99. The summed E-state index contributed by atoms with van der Waals surface area (Å²) in [5.74, 6) is 1.74. The summed E-state index contributed by atoms with van der Waals surface area (Å²) < 4.78 is 5.64. The highest BCUT2D eigenvalue weighted by Crippen LogP contribution is 2.32. The maximum Gasteiger partial charge on any atom is 0.166 e. The highest BCUT2D eigenvalue weighted by atomic mass is 16.5. The van der Waals surface area contributed by atoms with Crippen LogP contribution < -0.4 is 4.74 Å². The number of Topliss-reactive ketones (excluding diaryl/α,β-unsaturated/α-hetero) is 1. The lowest BCUT2D eigenvalue weighted by Gasteiger charge is -2.14. The van der Waals surface area contributed by atoms with Crippen molar-refractivity contribution < 1.29 is 9.53 Å². The van der Waals surface area contributed by atoms with Crippen LogP contribution in [0.1, 0.15) is 60.9 Å². The molecule has 1 saturated carbocycles. The molecule has 1 aromatic carbocycles. The first kappa shape index (κ1) is 12.7. The van der Waals surface area contributed by atoms with Gasteiger partial charge in [-0.25, -0.2) is 0 Å². The summed E-state index contributed by atoms with van der Waals surface area (Å²) in [6, 6.07) is 6.00. The number of benzene rings is 1. The van der Waals surface area contributed by atoms with Crippen LogP contribution in [0.15, 0.2) is 18.2 Å². The molecule has 102 valence electrons. The molecule has 1 heterocycles. The fourth-order valence-electron chi connectivity index (χ4n) is 3.37. The number of carbonyl (C=O) groups is 1. The molecule has 2 aliphatic rings. The minimum Gasteiger partial charge on any atom is -0.492 e. The molecule has 1 aliphatic carbocycles. The van der Waals surface area contributed by atoms with Gasteiger partial charge in [0.1, 0.15) is 5.75 Å². The van der Waals surface area contributed by atoms with E-state index in [0.717, 1.165) is 24.3 Å². The Morgan fingerprint density at radius 1 is 1.16 bits per heavy atom. The molecule has 0 aromatic heterocycles. The molecule has 1 fully saturated rings. The minimum atomic E-state index is 0.283. The molecular formula is C17H22O2. The van der Waals surface area contributed by atoms with Gasteiger partial charge < -0.3 is 4.74 Å². The van der Waals surface area contributed by atoms with E-state index < -0.39 is 0 Å². The number of hydrogen-bond donors (Lipinski definition) is 0. The maximum atomic E-state index is 12.5. The molecule has 1 aliphatic heterocycles. The fourth-order valence-corrected chi connectivity index (χ4v) is 3.37. The maximum absolute atomic E-state index is 12.5. The average Bonchev–Trinajstić information content (AvgIpc) is 2.76. The molecule has 1 aromatic rings. The Hall–Kier alpha value is -1.31. The third-order valence-electron chi connectivity index (χ3n) is 4.46. The number of fused-ring (bicyclic) bond motifs is 1.